The van der Waals surface area contributed by atoms with Crippen LogP contribution in [0.4, 0.5) is 0 Å². The van der Waals surface area contributed by atoms with Crippen LogP contribution in [0.3, 0.4) is 0 Å². The lowest BCUT2D eigenvalue weighted by Crippen LogP contribution is -2.33. The lowest BCUT2D eigenvalue weighted by molar-refractivity contribution is 0.0928. The predicted octanol–water partition coefficient (Wildman–Crippen LogP) is 6.39. The lowest BCUT2D eigenvalue weighted by atomic mass is 10.0. The summed E-state index contributed by atoms with van der Waals surface area (Å²) in [5, 5.41) is 0.930. The number of hydrogen-bond donors (Lipinski definition) is 0. The molecule has 4 nitrogen and oxygen atoms in total. The minimum Gasteiger partial charge on any atom is -0.478 e. The van der Waals surface area contributed by atoms with E-state index in [2.05, 4.69) is 29.2 Å². The summed E-state index contributed by atoms with van der Waals surface area (Å²) >= 11 is 12.5. The Balaban J connectivity index is 1.34. The highest BCUT2D eigenvalue weighted by atomic mass is 35.5. The van der Waals surface area contributed by atoms with E-state index in [-0.39, 0.29) is 11.5 Å². The van der Waals surface area contributed by atoms with Gasteiger partial charge in [0, 0.05) is 28.7 Å². The molecular weight excluding hydrogens is 445 g/mol. The van der Waals surface area contributed by atoms with Gasteiger partial charge in [-0.25, -0.2) is 0 Å². The Morgan fingerprint density at radius 1 is 0.969 bits per heavy atom. The van der Waals surface area contributed by atoms with Crippen LogP contribution in [0.15, 0.2) is 66.4 Å². The maximum Gasteiger partial charge on any atom is 0.231 e. The summed E-state index contributed by atoms with van der Waals surface area (Å²) in [5.41, 5.74) is 3.33. The Kier molecular flexibility index (Phi) is 5.92. The fourth-order valence-electron chi connectivity index (χ4n) is 4.08. The summed E-state index contributed by atoms with van der Waals surface area (Å²) in [6.45, 7) is 2.08. The third-order valence-corrected chi connectivity index (χ3v) is 6.40. The summed E-state index contributed by atoms with van der Waals surface area (Å²) in [6, 6.07) is 19.3. The van der Waals surface area contributed by atoms with Gasteiger partial charge in [-0.15, -0.1) is 0 Å². The van der Waals surface area contributed by atoms with Gasteiger partial charge in [-0.05, 0) is 48.7 Å². The van der Waals surface area contributed by atoms with Crippen LogP contribution in [-0.4, -0.2) is 24.0 Å². The highest BCUT2D eigenvalue weighted by molar-refractivity contribution is 6.37. The summed E-state index contributed by atoms with van der Waals surface area (Å²) in [7, 11) is 0. The van der Waals surface area contributed by atoms with Gasteiger partial charge in [-0.3, -0.25) is 9.69 Å². The number of allylic oxidation sites excluding steroid dienone is 1. The van der Waals surface area contributed by atoms with Gasteiger partial charge in [0.25, 0.3) is 0 Å². The SMILES string of the molecule is O=C1/C(=C/c2c(Cl)cccc2Cl)Oc2c1ccc1c2CN(CCCc2ccccc2)CO1. The normalized spacial score (nSPS) is 16.4. The molecule has 2 heterocycles. The van der Waals surface area contributed by atoms with Crippen LogP contribution in [0.5, 0.6) is 11.5 Å². The van der Waals surface area contributed by atoms with E-state index in [1.165, 1.54) is 5.56 Å². The Hall–Kier alpha value is -2.79. The van der Waals surface area contributed by atoms with Crippen molar-refractivity contribution in [2.75, 3.05) is 13.3 Å². The first-order valence-electron chi connectivity index (χ1n) is 10.5. The van der Waals surface area contributed by atoms with Gasteiger partial charge in [0.05, 0.1) is 11.1 Å². The highest BCUT2D eigenvalue weighted by Gasteiger charge is 2.33. The van der Waals surface area contributed by atoms with Crippen molar-refractivity contribution in [2.45, 2.75) is 19.4 Å². The first-order valence-corrected chi connectivity index (χ1v) is 11.3. The molecule has 0 amide bonds. The maximum atomic E-state index is 13.0. The summed E-state index contributed by atoms with van der Waals surface area (Å²) in [5.74, 6) is 1.35. The number of rotatable bonds is 5. The lowest BCUT2D eigenvalue weighted by Gasteiger charge is -2.29. The van der Waals surface area contributed by atoms with E-state index in [1.807, 2.05) is 12.1 Å². The molecule has 0 unspecified atom stereocenters. The van der Waals surface area contributed by atoms with Crippen molar-refractivity contribution in [1.82, 2.24) is 4.90 Å². The van der Waals surface area contributed by atoms with Gasteiger partial charge in [0.15, 0.2) is 5.76 Å². The third kappa shape index (κ3) is 4.14. The number of Topliss-reactive ketones (excluding diaryl/α,β-unsaturated/α-hetero) is 1. The Morgan fingerprint density at radius 2 is 1.75 bits per heavy atom. The topological polar surface area (TPSA) is 38.8 Å². The van der Waals surface area contributed by atoms with E-state index < -0.39 is 0 Å². The standard InChI is InChI=1S/C26H21Cl2NO3/c27-21-9-4-10-22(28)19(21)14-24-25(30)18-11-12-23-20(26(18)32-24)15-29(16-31-23)13-5-8-17-6-2-1-3-7-17/h1-4,6-7,9-12,14H,5,8,13,15-16H2/b24-14-. The minimum atomic E-state index is -0.181. The van der Waals surface area contributed by atoms with Crippen molar-refractivity contribution < 1.29 is 14.3 Å². The molecule has 6 heteroatoms. The van der Waals surface area contributed by atoms with Crippen LogP contribution in [0, 0.1) is 0 Å². The number of halogens is 2. The summed E-state index contributed by atoms with van der Waals surface area (Å²) in [4.78, 5) is 15.2. The van der Waals surface area contributed by atoms with Crippen LogP contribution in [0.2, 0.25) is 10.0 Å². The molecule has 0 bridgehead atoms. The molecule has 5 rings (SSSR count). The van der Waals surface area contributed by atoms with Crippen molar-refractivity contribution in [2.24, 2.45) is 0 Å². The average Bonchev–Trinajstić information content (AvgIpc) is 3.13. The molecule has 0 fully saturated rings. The smallest absolute Gasteiger partial charge is 0.231 e. The zero-order valence-electron chi connectivity index (χ0n) is 17.3. The van der Waals surface area contributed by atoms with Crippen molar-refractivity contribution in [1.29, 1.82) is 0 Å². The minimum absolute atomic E-state index is 0.181. The van der Waals surface area contributed by atoms with Gasteiger partial charge >= 0.3 is 0 Å². The fraction of sp³-hybridized carbons (Fsp3) is 0.192. The van der Waals surface area contributed by atoms with Crippen molar-refractivity contribution >= 4 is 35.1 Å². The Labute approximate surface area is 197 Å². The molecule has 3 aromatic rings. The number of hydrogen-bond acceptors (Lipinski definition) is 4. The van der Waals surface area contributed by atoms with E-state index >= 15 is 0 Å². The second kappa shape index (κ2) is 8.99. The number of fused-ring (bicyclic) bond motifs is 3. The molecule has 0 aromatic heterocycles. The number of ether oxygens (including phenoxy) is 2. The quantitative estimate of drug-likeness (QED) is 0.409. The van der Waals surface area contributed by atoms with Gasteiger partial charge in [-0.1, -0.05) is 59.6 Å². The van der Waals surface area contributed by atoms with Gasteiger partial charge in [0.1, 0.15) is 18.2 Å². The number of benzene rings is 3. The van der Waals surface area contributed by atoms with E-state index in [4.69, 9.17) is 32.7 Å². The van der Waals surface area contributed by atoms with Crippen LogP contribution in [-0.2, 0) is 13.0 Å². The van der Waals surface area contributed by atoms with E-state index in [1.54, 1.807) is 30.3 Å². The molecular formula is C26H21Cl2NO3. The first kappa shape index (κ1) is 21.1. The number of nitrogens with zero attached hydrogens (tertiary/aromatic N) is 1. The Bertz CT molecular complexity index is 1190. The van der Waals surface area contributed by atoms with Crippen molar-refractivity contribution in [3.05, 3.63) is 98.7 Å². The average molecular weight is 466 g/mol. The number of carbonyl (C=O) groups excluding carboxylic acids is 1. The zero-order valence-corrected chi connectivity index (χ0v) is 18.8. The predicted molar refractivity (Wildman–Crippen MR) is 127 cm³/mol. The van der Waals surface area contributed by atoms with E-state index in [0.717, 1.165) is 30.7 Å². The molecule has 0 N–H and O–H groups in total. The summed E-state index contributed by atoms with van der Waals surface area (Å²) < 4.78 is 12.0. The molecule has 2 aliphatic rings. The Morgan fingerprint density at radius 3 is 2.53 bits per heavy atom. The van der Waals surface area contributed by atoms with Gasteiger partial charge in [-0.2, -0.15) is 0 Å². The molecule has 32 heavy (non-hydrogen) atoms. The van der Waals surface area contributed by atoms with E-state index in [9.17, 15) is 4.79 Å². The number of ketones is 1. The van der Waals surface area contributed by atoms with E-state index in [0.29, 0.717) is 40.2 Å². The first-order chi connectivity index (χ1) is 15.6. The zero-order chi connectivity index (χ0) is 22.1. The molecule has 0 spiro atoms. The monoisotopic (exact) mass is 465 g/mol. The van der Waals surface area contributed by atoms with Gasteiger partial charge in [0.2, 0.25) is 5.78 Å². The molecule has 0 radical (unpaired) electrons. The molecule has 3 aromatic carbocycles. The van der Waals surface area contributed by atoms with Crippen LogP contribution in [0.1, 0.15) is 33.5 Å². The van der Waals surface area contributed by atoms with Crippen LogP contribution in [0.25, 0.3) is 6.08 Å². The molecule has 0 atom stereocenters. The molecule has 0 saturated heterocycles. The van der Waals surface area contributed by atoms with Crippen LogP contribution >= 0.6 is 23.2 Å². The third-order valence-electron chi connectivity index (χ3n) is 5.74. The number of aryl methyl sites for hydroxylation is 1. The van der Waals surface area contributed by atoms with Crippen molar-refractivity contribution in [3.8, 4) is 11.5 Å². The largest absolute Gasteiger partial charge is 0.478 e. The second-order valence-electron chi connectivity index (χ2n) is 7.91. The maximum absolute atomic E-state index is 13.0. The van der Waals surface area contributed by atoms with Gasteiger partial charge < -0.3 is 9.47 Å². The highest BCUT2D eigenvalue weighted by Crippen LogP contribution is 2.42. The summed E-state index contributed by atoms with van der Waals surface area (Å²) in [6.07, 6.45) is 3.64. The van der Waals surface area contributed by atoms with Crippen LogP contribution < -0.4 is 9.47 Å². The molecule has 2 aliphatic heterocycles. The number of carbonyl (C=O) groups is 1. The molecule has 0 aliphatic carbocycles. The molecule has 162 valence electrons. The second-order valence-corrected chi connectivity index (χ2v) is 8.72. The van der Waals surface area contributed by atoms with Crippen molar-refractivity contribution in [3.63, 3.8) is 0 Å². The fourth-order valence-corrected chi connectivity index (χ4v) is 4.59. The molecule has 0 saturated carbocycles.